The van der Waals surface area contributed by atoms with Crippen LogP contribution in [0.25, 0.3) is 11.0 Å². The molecule has 0 radical (unpaired) electrons. The second-order valence-corrected chi connectivity index (χ2v) is 6.42. The number of aromatic nitrogens is 3. The fourth-order valence-corrected chi connectivity index (χ4v) is 3.68. The van der Waals surface area contributed by atoms with E-state index >= 15 is 0 Å². The van der Waals surface area contributed by atoms with Gasteiger partial charge < -0.3 is 0 Å². The number of H-pyrrole nitrogens is 1. The molecular weight excluding hydrogens is 299 g/mol. The van der Waals surface area contributed by atoms with Gasteiger partial charge in [-0.1, -0.05) is 0 Å². The molecule has 1 unspecified atom stereocenters. The monoisotopic (exact) mass is 314 g/mol. The van der Waals surface area contributed by atoms with Gasteiger partial charge in [0.2, 0.25) is 0 Å². The van der Waals surface area contributed by atoms with Crippen molar-refractivity contribution in [3.8, 4) is 0 Å². The first-order valence-corrected chi connectivity index (χ1v) is 8.09. The van der Waals surface area contributed by atoms with Crippen LogP contribution in [0.3, 0.4) is 0 Å². The molecule has 1 atom stereocenters. The highest BCUT2D eigenvalue weighted by Crippen LogP contribution is 2.28. The van der Waals surface area contributed by atoms with Gasteiger partial charge in [-0.2, -0.15) is 5.10 Å². The maximum absolute atomic E-state index is 12.9. The molecule has 3 aromatic rings. The van der Waals surface area contributed by atoms with Gasteiger partial charge in [-0.05, 0) is 66.6 Å². The van der Waals surface area contributed by atoms with Crippen LogP contribution < -0.4 is 4.72 Å². The van der Waals surface area contributed by atoms with Crippen LogP contribution in [0.15, 0.2) is 41.6 Å². The Kier molecular flexibility index (Phi) is 3.56. The van der Waals surface area contributed by atoms with Gasteiger partial charge >= 0.3 is 0 Å². The van der Waals surface area contributed by atoms with Crippen molar-refractivity contribution >= 4 is 23.0 Å². The predicted molar refractivity (Wildman–Crippen MR) is 85.1 cm³/mol. The van der Waals surface area contributed by atoms with Crippen molar-refractivity contribution in [1.82, 2.24) is 19.9 Å². The minimum atomic E-state index is -0.203. The van der Waals surface area contributed by atoms with Crippen molar-refractivity contribution in [3.05, 3.63) is 53.6 Å². The number of nitrogens with zero attached hydrogens (tertiary/aromatic N) is 2. The van der Waals surface area contributed by atoms with E-state index in [1.54, 1.807) is 24.1 Å². The number of hydrogen-bond donors (Lipinski definition) is 2. The molecule has 1 aromatic carbocycles. The second kappa shape index (κ2) is 5.70. The van der Waals surface area contributed by atoms with Crippen molar-refractivity contribution in [2.45, 2.75) is 30.2 Å². The van der Waals surface area contributed by atoms with Crippen molar-refractivity contribution in [3.63, 3.8) is 0 Å². The highest BCUT2D eigenvalue weighted by molar-refractivity contribution is 7.97. The van der Waals surface area contributed by atoms with Gasteiger partial charge in [0.25, 0.3) is 0 Å². The average molecular weight is 314 g/mol. The SMILES string of the molecule is Fc1ccc(SNC2CCc3c(cnc4[nH]ncc34)C2)cc1. The second-order valence-electron chi connectivity index (χ2n) is 5.51. The van der Waals surface area contributed by atoms with Gasteiger partial charge in [0.05, 0.1) is 6.20 Å². The van der Waals surface area contributed by atoms with Crippen LogP contribution in [-0.4, -0.2) is 21.2 Å². The first kappa shape index (κ1) is 13.7. The van der Waals surface area contributed by atoms with E-state index in [1.807, 2.05) is 12.4 Å². The summed E-state index contributed by atoms with van der Waals surface area (Å²) in [6.45, 7) is 0. The number of halogens is 1. The largest absolute Gasteiger partial charge is 0.261 e. The number of rotatable bonds is 3. The quantitative estimate of drug-likeness (QED) is 0.729. The molecular formula is C16H15FN4S. The Labute approximate surface area is 131 Å². The highest BCUT2D eigenvalue weighted by Gasteiger charge is 2.21. The van der Waals surface area contributed by atoms with Gasteiger partial charge in [0, 0.05) is 22.5 Å². The summed E-state index contributed by atoms with van der Waals surface area (Å²) in [6, 6.07) is 6.95. The Bertz CT molecular complexity index is 800. The molecule has 2 aromatic heterocycles. The highest BCUT2D eigenvalue weighted by atomic mass is 32.2. The van der Waals surface area contributed by atoms with E-state index in [-0.39, 0.29) is 5.82 Å². The smallest absolute Gasteiger partial charge is 0.155 e. The van der Waals surface area contributed by atoms with Gasteiger partial charge in [-0.15, -0.1) is 0 Å². The first-order chi connectivity index (χ1) is 10.8. The van der Waals surface area contributed by atoms with E-state index in [9.17, 15) is 4.39 Å². The first-order valence-electron chi connectivity index (χ1n) is 7.27. The fraction of sp³-hybridized carbons (Fsp3) is 0.250. The molecule has 0 amide bonds. The van der Waals surface area contributed by atoms with Crippen LogP contribution in [0.4, 0.5) is 4.39 Å². The molecule has 2 heterocycles. The Balaban J connectivity index is 1.46. The molecule has 1 aliphatic carbocycles. The summed E-state index contributed by atoms with van der Waals surface area (Å²) in [7, 11) is 0. The molecule has 0 spiro atoms. The van der Waals surface area contributed by atoms with E-state index in [2.05, 4.69) is 19.9 Å². The lowest BCUT2D eigenvalue weighted by Gasteiger charge is -2.25. The van der Waals surface area contributed by atoms with Crippen LogP contribution in [-0.2, 0) is 12.8 Å². The number of aromatic amines is 1. The molecule has 0 fully saturated rings. The standard InChI is InChI=1S/C16H15FN4S/c17-11-1-4-13(5-2-11)22-21-12-3-6-14-10(7-12)8-18-16-15(14)9-19-20-16/h1-2,4-5,8-9,12,21H,3,6-7H2,(H,18,19,20). The Morgan fingerprint density at radius 2 is 2.09 bits per heavy atom. The third-order valence-electron chi connectivity index (χ3n) is 4.05. The molecule has 112 valence electrons. The van der Waals surface area contributed by atoms with E-state index in [1.165, 1.54) is 23.3 Å². The molecule has 22 heavy (non-hydrogen) atoms. The molecule has 0 saturated heterocycles. The molecule has 4 nitrogen and oxygen atoms in total. The van der Waals surface area contributed by atoms with Gasteiger partial charge in [0.15, 0.2) is 5.65 Å². The predicted octanol–water partition coefficient (Wildman–Crippen LogP) is 3.25. The number of pyridine rings is 1. The summed E-state index contributed by atoms with van der Waals surface area (Å²) in [5, 5.41) is 8.14. The van der Waals surface area contributed by atoms with Gasteiger partial charge in [-0.3, -0.25) is 9.82 Å². The Hall–Kier alpha value is -1.92. The Morgan fingerprint density at radius 1 is 1.23 bits per heavy atom. The lowest BCUT2D eigenvalue weighted by Crippen LogP contribution is -2.30. The minimum absolute atomic E-state index is 0.203. The summed E-state index contributed by atoms with van der Waals surface area (Å²) in [6.07, 6.45) is 6.87. The topological polar surface area (TPSA) is 53.6 Å². The average Bonchev–Trinajstić information content (AvgIpc) is 3.03. The lowest BCUT2D eigenvalue weighted by atomic mass is 9.88. The summed E-state index contributed by atoms with van der Waals surface area (Å²) in [5.74, 6) is -0.203. The minimum Gasteiger partial charge on any atom is -0.261 e. The van der Waals surface area contributed by atoms with Crippen molar-refractivity contribution in [1.29, 1.82) is 0 Å². The molecule has 0 bridgehead atoms. The zero-order chi connectivity index (χ0) is 14.9. The van der Waals surface area contributed by atoms with Crippen LogP contribution in [0.2, 0.25) is 0 Å². The van der Waals surface area contributed by atoms with E-state index in [0.29, 0.717) is 6.04 Å². The number of benzene rings is 1. The Morgan fingerprint density at radius 3 is 2.95 bits per heavy atom. The summed E-state index contributed by atoms with van der Waals surface area (Å²) >= 11 is 1.56. The van der Waals surface area contributed by atoms with Gasteiger partial charge in [0.1, 0.15) is 5.82 Å². The van der Waals surface area contributed by atoms with E-state index in [4.69, 9.17) is 0 Å². The third kappa shape index (κ3) is 2.60. The van der Waals surface area contributed by atoms with E-state index < -0.39 is 0 Å². The van der Waals surface area contributed by atoms with Crippen molar-refractivity contribution in [2.24, 2.45) is 0 Å². The van der Waals surface area contributed by atoms with Crippen molar-refractivity contribution in [2.75, 3.05) is 0 Å². The van der Waals surface area contributed by atoms with E-state index in [0.717, 1.165) is 35.2 Å². The zero-order valence-electron chi connectivity index (χ0n) is 11.8. The maximum Gasteiger partial charge on any atom is 0.155 e. The summed E-state index contributed by atoms with van der Waals surface area (Å²) < 4.78 is 16.4. The number of fused-ring (bicyclic) bond motifs is 3. The lowest BCUT2D eigenvalue weighted by molar-refractivity contribution is 0.547. The summed E-state index contributed by atoms with van der Waals surface area (Å²) in [4.78, 5) is 5.45. The van der Waals surface area contributed by atoms with Crippen LogP contribution >= 0.6 is 11.9 Å². The molecule has 6 heteroatoms. The number of hydrogen-bond acceptors (Lipinski definition) is 4. The normalized spacial score (nSPS) is 17.6. The third-order valence-corrected chi connectivity index (χ3v) is 5.01. The van der Waals surface area contributed by atoms with Crippen LogP contribution in [0.1, 0.15) is 17.5 Å². The summed E-state index contributed by atoms with van der Waals surface area (Å²) in [5.41, 5.74) is 3.52. The van der Waals surface area contributed by atoms with Crippen molar-refractivity contribution < 1.29 is 4.39 Å². The molecule has 0 saturated carbocycles. The zero-order valence-corrected chi connectivity index (χ0v) is 12.7. The molecule has 2 N–H and O–H groups in total. The maximum atomic E-state index is 12.9. The van der Waals surface area contributed by atoms with Crippen LogP contribution in [0, 0.1) is 5.82 Å². The van der Waals surface area contributed by atoms with Crippen LogP contribution in [0.5, 0.6) is 0 Å². The molecule has 0 aliphatic heterocycles. The fourth-order valence-electron chi connectivity index (χ4n) is 2.90. The number of aryl methyl sites for hydroxylation is 1. The molecule has 1 aliphatic rings. The van der Waals surface area contributed by atoms with Gasteiger partial charge in [-0.25, -0.2) is 9.37 Å². The number of nitrogens with one attached hydrogen (secondary N) is 2. The molecule has 4 rings (SSSR count).